The quantitative estimate of drug-likeness (QED) is 0.891. The van der Waals surface area contributed by atoms with Crippen molar-refractivity contribution in [1.29, 1.82) is 0 Å². The van der Waals surface area contributed by atoms with Gasteiger partial charge in [0.1, 0.15) is 5.82 Å². The van der Waals surface area contributed by atoms with Crippen LogP contribution in [-0.2, 0) is 6.42 Å². The monoisotopic (exact) mass is 330 g/mol. The van der Waals surface area contributed by atoms with Crippen molar-refractivity contribution in [2.45, 2.75) is 50.7 Å². The van der Waals surface area contributed by atoms with E-state index >= 15 is 0 Å². The second-order valence-corrected chi connectivity index (χ2v) is 6.60. The van der Waals surface area contributed by atoms with E-state index in [1.54, 1.807) is 6.07 Å². The van der Waals surface area contributed by atoms with Crippen LogP contribution in [0.15, 0.2) is 22.7 Å². The number of aliphatic hydroxyl groups excluding tert-OH is 1. The van der Waals surface area contributed by atoms with Crippen LogP contribution in [0.4, 0.5) is 4.39 Å². The molecule has 1 aliphatic carbocycles. The summed E-state index contributed by atoms with van der Waals surface area (Å²) in [6.07, 6.45) is 2.69. The highest BCUT2D eigenvalue weighted by atomic mass is 79.9. The Bertz CT molecular complexity index is 442. The molecule has 2 rings (SSSR count). The molecule has 0 heterocycles. The lowest BCUT2D eigenvalue weighted by Gasteiger charge is -2.38. The van der Waals surface area contributed by atoms with Gasteiger partial charge < -0.3 is 10.2 Å². The summed E-state index contributed by atoms with van der Waals surface area (Å²) in [6, 6.07) is 4.41. The average Bonchev–Trinajstić information content (AvgIpc) is 2.36. The standard InChI is InChI=1S/C15H20BrFO2/c1-10-4-6-15(19,7-5-10)14(18)8-11-2-3-12(17)9-13(11)16/h2-3,9-10,14,18-19H,4-8H2,1H3. The minimum Gasteiger partial charge on any atom is -0.390 e. The van der Waals surface area contributed by atoms with Crippen molar-refractivity contribution in [3.8, 4) is 0 Å². The summed E-state index contributed by atoms with van der Waals surface area (Å²) in [5, 5.41) is 20.8. The van der Waals surface area contributed by atoms with Gasteiger partial charge in [0.15, 0.2) is 0 Å². The van der Waals surface area contributed by atoms with Crippen LogP contribution in [0.25, 0.3) is 0 Å². The molecule has 0 spiro atoms. The Morgan fingerprint density at radius 2 is 2.05 bits per heavy atom. The van der Waals surface area contributed by atoms with E-state index < -0.39 is 11.7 Å². The highest BCUT2D eigenvalue weighted by Crippen LogP contribution is 2.35. The van der Waals surface area contributed by atoms with E-state index in [1.807, 2.05) is 0 Å². The summed E-state index contributed by atoms with van der Waals surface area (Å²) in [7, 11) is 0. The molecule has 0 saturated heterocycles. The maximum absolute atomic E-state index is 13.0. The van der Waals surface area contributed by atoms with Gasteiger partial charge in [-0.3, -0.25) is 0 Å². The van der Waals surface area contributed by atoms with E-state index in [-0.39, 0.29) is 5.82 Å². The van der Waals surface area contributed by atoms with Crippen molar-refractivity contribution in [1.82, 2.24) is 0 Å². The maximum Gasteiger partial charge on any atom is 0.124 e. The van der Waals surface area contributed by atoms with Crippen molar-refractivity contribution in [3.05, 3.63) is 34.1 Å². The van der Waals surface area contributed by atoms with Crippen molar-refractivity contribution >= 4 is 15.9 Å². The van der Waals surface area contributed by atoms with Crippen LogP contribution in [0.3, 0.4) is 0 Å². The van der Waals surface area contributed by atoms with Crippen LogP contribution in [-0.4, -0.2) is 21.9 Å². The van der Waals surface area contributed by atoms with E-state index in [0.29, 0.717) is 29.7 Å². The molecule has 2 N–H and O–H groups in total. The van der Waals surface area contributed by atoms with Crippen molar-refractivity contribution < 1.29 is 14.6 Å². The molecule has 1 aromatic carbocycles. The van der Waals surface area contributed by atoms with Crippen molar-refractivity contribution in [2.24, 2.45) is 5.92 Å². The van der Waals surface area contributed by atoms with Crippen LogP contribution in [0.1, 0.15) is 38.2 Å². The van der Waals surface area contributed by atoms with Gasteiger partial charge in [0.2, 0.25) is 0 Å². The van der Waals surface area contributed by atoms with Gasteiger partial charge in [0, 0.05) is 10.9 Å². The maximum atomic E-state index is 13.0. The molecule has 1 fully saturated rings. The highest BCUT2D eigenvalue weighted by molar-refractivity contribution is 9.10. The van der Waals surface area contributed by atoms with Crippen LogP contribution in [0.5, 0.6) is 0 Å². The van der Waals surface area contributed by atoms with Crippen LogP contribution in [0, 0.1) is 11.7 Å². The summed E-state index contributed by atoms with van der Waals surface area (Å²) in [5.74, 6) is 0.306. The summed E-state index contributed by atoms with van der Waals surface area (Å²) < 4.78 is 13.7. The molecule has 1 saturated carbocycles. The smallest absolute Gasteiger partial charge is 0.124 e. The molecule has 2 nitrogen and oxygen atoms in total. The van der Waals surface area contributed by atoms with E-state index in [2.05, 4.69) is 22.9 Å². The lowest BCUT2D eigenvalue weighted by molar-refractivity contribution is -0.102. The third-order valence-electron chi connectivity index (χ3n) is 4.19. The van der Waals surface area contributed by atoms with E-state index in [9.17, 15) is 14.6 Å². The Balaban J connectivity index is 2.06. The van der Waals surface area contributed by atoms with Gasteiger partial charge in [-0.2, -0.15) is 0 Å². The largest absolute Gasteiger partial charge is 0.390 e. The predicted octanol–water partition coefficient (Wildman–Crippen LogP) is 3.43. The molecule has 1 aromatic rings. The second kappa shape index (κ2) is 5.90. The molecule has 0 bridgehead atoms. The number of hydrogen-bond donors (Lipinski definition) is 2. The van der Waals surface area contributed by atoms with Crippen LogP contribution in [0.2, 0.25) is 0 Å². The number of benzene rings is 1. The number of rotatable bonds is 3. The van der Waals surface area contributed by atoms with Crippen molar-refractivity contribution in [3.63, 3.8) is 0 Å². The first-order valence-electron chi connectivity index (χ1n) is 6.75. The molecule has 1 aliphatic rings. The minimum absolute atomic E-state index is 0.310. The molecular weight excluding hydrogens is 311 g/mol. The zero-order valence-corrected chi connectivity index (χ0v) is 12.7. The molecule has 0 aliphatic heterocycles. The summed E-state index contributed by atoms with van der Waals surface area (Å²) in [6.45, 7) is 2.17. The zero-order valence-electron chi connectivity index (χ0n) is 11.1. The van der Waals surface area contributed by atoms with Gasteiger partial charge in [-0.15, -0.1) is 0 Å². The second-order valence-electron chi connectivity index (χ2n) is 5.74. The van der Waals surface area contributed by atoms with E-state index in [1.165, 1.54) is 12.1 Å². The first-order valence-corrected chi connectivity index (χ1v) is 7.54. The molecule has 0 amide bonds. The third kappa shape index (κ3) is 3.56. The third-order valence-corrected chi connectivity index (χ3v) is 4.93. The normalized spacial score (nSPS) is 29.2. The fourth-order valence-electron chi connectivity index (χ4n) is 2.68. The first kappa shape index (κ1) is 14.9. The van der Waals surface area contributed by atoms with Crippen LogP contribution < -0.4 is 0 Å². The van der Waals surface area contributed by atoms with Gasteiger partial charge in [-0.05, 0) is 49.3 Å². The van der Waals surface area contributed by atoms with Crippen LogP contribution >= 0.6 is 15.9 Å². The molecule has 0 radical (unpaired) electrons. The molecule has 19 heavy (non-hydrogen) atoms. The summed E-state index contributed by atoms with van der Waals surface area (Å²) in [4.78, 5) is 0. The Kier molecular flexibility index (Phi) is 4.64. The average molecular weight is 331 g/mol. The molecule has 1 atom stereocenters. The molecule has 1 unspecified atom stereocenters. The Morgan fingerprint density at radius 1 is 1.42 bits per heavy atom. The summed E-state index contributed by atoms with van der Waals surface area (Å²) in [5.41, 5.74) is -0.179. The van der Waals surface area contributed by atoms with Gasteiger partial charge in [0.25, 0.3) is 0 Å². The van der Waals surface area contributed by atoms with E-state index in [0.717, 1.165) is 18.4 Å². The lowest BCUT2D eigenvalue weighted by atomic mass is 9.75. The Hall–Kier alpha value is -0.450. The Morgan fingerprint density at radius 3 is 2.63 bits per heavy atom. The van der Waals surface area contributed by atoms with E-state index in [4.69, 9.17) is 0 Å². The number of aliphatic hydroxyl groups is 2. The highest BCUT2D eigenvalue weighted by Gasteiger charge is 2.38. The predicted molar refractivity (Wildman–Crippen MR) is 76.4 cm³/mol. The number of halogens is 2. The van der Waals surface area contributed by atoms with Gasteiger partial charge in [0.05, 0.1) is 11.7 Å². The molecular formula is C15H20BrFO2. The molecule has 0 aromatic heterocycles. The zero-order chi connectivity index (χ0) is 14.0. The molecule has 106 valence electrons. The SMILES string of the molecule is CC1CCC(O)(C(O)Cc2ccc(F)cc2Br)CC1. The van der Waals surface area contributed by atoms with Gasteiger partial charge in [-0.1, -0.05) is 28.9 Å². The van der Waals surface area contributed by atoms with Gasteiger partial charge in [-0.25, -0.2) is 4.39 Å². The Labute approximate surface area is 121 Å². The fraction of sp³-hybridized carbons (Fsp3) is 0.600. The van der Waals surface area contributed by atoms with Crippen molar-refractivity contribution in [2.75, 3.05) is 0 Å². The lowest BCUT2D eigenvalue weighted by Crippen LogP contribution is -2.46. The minimum atomic E-state index is -1.000. The summed E-state index contributed by atoms with van der Waals surface area (Å²) >= 11 is 3.29. The van der Waals surface area contributed by atoms with Gasteiger partial charge >= 0.3 is 0 Å². The number of hydrogen-bond acceptors (Lipinski definition) is 2. The fourth-order valence-corrected chi connectivity index (χ4v) is 3.19. The first-order chi connectivity index (χ1) is 8.90. The molecule has 4 heteroatoms. The topological polar surface area (TPSA) is 40.5 Å².